The fraction of sp³-hybridized carbons (Fsp3) is 0.464. The van der Waals surface area contributed by atoms with Gasteiger partial charge in [-0.05, 0) is 51.1 Å². The van der Waals surface area contributed by atoms with Gasteiger partial charge >= 0.3 is 0 Å². The molecule has 1 aliphatic heterocycles. The van der Waals surface area contributed by atoms with Crippen molar-refractivity contribution in [2.24, 2.45) is 0 Å². The number of hydrogen-bond donors (Lipinski definition) is 1. The summed E-state index contributed by atoms with van der Waals surface area (Å²) < 4.78 is 13.8. The van der Waals surface area contributed by atoms with Gasteiger partial charge in [-0.25, -0.2) is 4.68 Å². The van der Waals surface area contributed by atoms with Crippen LogP contribution in [0.5, 0.6) is 11.6 Å². The van der Waals surface area contributed by atoms with E-state index in [1.807, 2.05) is 54.1 Å². The summed E-state index contributed by atoms with van der Waals surface area (Å²) in [6.07, 6.45) is 0.579. The predicted molar refractivity (Wildman–Crippen MR) is 138 cm³/mol. The first-order chi connectivity index (χ1) is 17.0. The number of aliphatic hydroxyl groups excluding tert-OH is 1. The van der Waals surface area contributed by atoms with Crippen LogP contribution >= 0.6 is 0 Å². The lowest BCUT2D eigenvalue weighted by molar-refractivity contribution is 0.00622. The number of aliphatic hydroxyl groups is 1. The van der Waals surface area contributed by atoms with Crippen LogP contribution in [0, 0.1) is 13.8 Å². The third-order valence-corrected chi connectivity index (χ3v) is 6.34. The molecule has 0 unspecified atom stereocenters. The lowest BCUT2D eigenvalue weighted by Gasteiger charge is -2.31. The molecule has 0 spiro atoms. The van der Waals surface area contributed by atoms with Crippen molar-refractivity contribution in [3.05, 3.63) is 71.4 Å². The quantitative estimate of drug-likeness (QED) is 0.446. The second-order valence-electron chi connectivity index (χ2n) is 9.33. The van der Waals surface area contributed by atoms with Crippen molar-refractivity contribution in [2.75, 3.05) is 45.9 Å². The van der Waals surface area contributed by atoms with Crippen molar-refractivity contribution in [3.8, 4) is 17.3 Å². The van der Waals surface area contributed by atoms with Crippen LogP contribution in [0.1, 0.15) is 30.2 Å². The molecule has 7 heteroatoms. The molecule has 188 valence electrons. The molecular formula is C28H38N4O3. The summed E-state index contributed by atoms with van der Waals surface area (Å²) in [7, 11) is 0. The number of para-hydroxylation sites is 1. The molecule has 35 heavy (non-hydrogen) atoms. The largest absolute Gasteiger partial charge is 0.439 e. The molecule has 0 aliphatic carbocycles. The molecule has 2 heterocycles. The van der Waals surface area contributed by atoms with E-state index in [0.29, 0.717) is 19.6 Å². The van der Waals surface area contributed by atoms with E-state index >= 15 is 0 Å². The van der Waals surface area contributed by atoms with Gasteiger partial charge in [-0.3, -0.25) is 9.80 Å². The minimum Gasteiger partial charge on any atom is -0.439 e. The fourth-order valence-electron chi connectivity index (χ4n) is 4.50. The number of rotatable bonds is 11. The van der Waals surface area contributed by atoms with Gasteiger partial charge in [0.1, 0.15) is 5.75 Å². The van der Waals surface area contributed by atoms with Crippen molar-refractivity contribution in [1.82, 2.24) is 19.6 Å². The topological polar surface area (TPSA) is 63.0 Å². The molecule has 4 rings (SSSR count). The van der Waals surface area contributed by atoms with Crippen LogP contribution in [0.15, 0.2) is 54.6 Å². The number of hydrogen-bond acceptors (Lipinski definition) is 6. The molecule has 7 nitrogen and oxygen atoms in total. The number of aromatic nitrogens is 2. The van der Waals surface area contributed by atoms with Gasteiger partial charge in [0, 0.05) is 32.7 Å². The number of nitrogens with zero attached hydrogens (tertiary/aromatic N) is 4. The Kier molecular flexibility index (Phi) is 8.93. The van der Waals surface area contributed by atoms with Gasteiger partial charge in [-0.1, -0.05) is 42.8 Å². The molecule has 1 atom stereocenters. The number of benzene rings is 2. The highest BCUT2D eigenvalue weighted by Gasteiger charge is 2.23. The first-order valence-corrected chi connectivity index (χ1v) is 12.6. The van der Waals surface area contributed by atoms with Gasteiger partial charge in [-0.15, -0.1) is 0 Å². The molecule has 0 saturated carbocycles. The molecule has 1 fully saturated rings. The maximum absolute atomic E-state index is 10.9. The smallest absolute Gasteiger partial charge is 0.227 e. The van der Waals surface area contributed by atoms with Crippen LogP contribution in [0.25, 0.3) is 5.69 Å². The first-order valence-electron chi connectivity index (χ1n) is 12.6. The average Bonchev–Trinajstić information content (AvgIpc) is 3.16. The Bertz CT molecular complexity index is 1050. The van der Waals surface area contributed by atoms with E-state index in [4.69, 9.17) is 14.6 Å². The summed E-state index contributed by atoms with van der Waals surface area (Å²) in [5.41, 5.74) is 4.12. The normalized spacial score (nSPS) is 15.5. The zero-order valence-electron chi connectivity index (χ0n) is 21.2. The lowest BCUT2D eigenvalue weighted by atomic mass is 10.2. The third kappa shape index (κ3) is 6.92. The Labute approximate surface area is 208 Å². The van der Waals surface area contributed by atoms with Crippen molar-refractivity contribution >= 4 is 0 Å². The summed E-state index contributed by atoms with van der Waals surface area (Å²) in [5.74, 6) is 1.50. The molecule has 0 radical (unpaired) electrons. The molecule has 1 aromatic heterocycles. The van der Waals surface area contributed by atoms with Gasteiger partial charge in [-0.2, -0.15) is 5.10 Å². The van der Waals surface area contributed by atoms with Crippen LogP contribution < -0.4 is 4.74 Å². The highest BCUT2D eigenvalue weighted by molar-refractivity contribution is 5.43. The SMILES string of the molecule is CCCN(Cc1c(C)nn(-c2ccccc2)c1Oc1ccc(C)cc1)C[C@@H](O)CN1CCOCC1. The maximum Gasteiger partial charge on any atom is 0.227 e. The second kappa shape index (κ2) is 12.3. The Hall–Kier alpha value is -2.71. The summed E-state index contributed by atoms with van der Waals surface area (Å²) in [6.45, 7) is 12.3. The van der Waals surface area contributed by atoms with Crippen LogP contribution in [-0.2, 0) is 11.3 Å². The molecular weight excluding hydrogens is 440 g/mol. The zero-order chi connectivity index (χ0) is 24.6. The molecule has 1 aliphatic rings. The van der Waals surface area contributed by atoms with E-state index < -0.39 is 6.10 Å². The molecule has 0 bridgehead atoms. The van der Waals surface area contributed by atoms with Crippen molar-refractivity contribution in [2.45, 2.75) is 39.8 Å². The number of β-amino-alcohol motifs (C(OH)–C–C–N with tert-alkyl or cyclic N) is 1. The Morgan fingerprint density at radius 2 is 1.77 bits per heavy atom. The monoisotopic (exact) mass is 478 g/mol. The van der Waals surface area contributed by atoms with Crippen LogP contribution in [-0.4, -0.2) is 76.7 Å². The minimum absolute atomic E-state index is 0.425. The highest BCUT2D eigenvalue weighted by Crippen LogP contribution is 2.32. The predicted octanol–water partition coefficient (Wildman–Crippen LogP) is 4.19. The van der Waals surface area contributed by atoms with Crippen LogP contribution in [0.2, 0.25) is 0 Å². The van der Waals surface area contributed by atoms with E-state index in [9.17, 15) is 5.11 Å². The van der Waals surface area contributed by atoms with E-state index in [2.05, 4.69) is 35.8 Å². The molecule has 3 aromatic rings. The third-order valence-electron chi connectivity index (χ3n) is 6.34. The summed E-state index contributed by atoms with van der Waals surface area (Å²) in [5, 5.41) is 15.7. The Morgan fingerprint density at radius 3 is 2.46 bits per heavy atom. The molecule has 1 saturated heterocycles. The molecule has 1 N–H and O–H groups in total. The van der Waals surface area contributed by atoms with Gasteiger partial charge in [0.2, 0.25) is 5.88 Å². The van der Waals surface area contributed by atoms with Crippen molar-refractivity contribution in [3.63, 3.8) is 0 Å². The molecule has 0 amide bonds. The van der Waals surface area contributed by atoms with Gasteiger partial charge in [0.25, 0.3) is 0 Å². The van der Waals surface area contributed by atoms with Crippen LogP contribution in [0.4, 0.5) is 0 Å². The fourth-order valence-corrected chi connectivity index (χ4v) is 4.50. The number of aryl methyl sites for hydroxylation is 2. The Balaban J connectivity index is 1.58. The zero-order valence-corrected chi connectivity index (χ0v) is 21.2. The van der Waals surface area contributed by atoms with Gasteiger partial charge in [0.05, 0.1) is 36.3 Å². The summed E-state index contributed by atoms with van der Waals surface area (Å²) in [4.78, 5) is 4.59. The Morgan fingerprint density at radius 1 is 1.06 bits per heavy atom. The maximum atomic E-state index is 10.9. The number of ether oxygens (including phenoxy) is 2. The lowest BCUT2D eigenvalue weighted by Crippen LogP contribution is -2.44. The van der Waals surface area contributed by atoms with E-state index in [1.165, 1.54) is 5.56 Å². The van der Waals surface area contributed by atoms with Crippen molar-refractivity contribution < 1.29 is 14.6 Å². The standard InChI is InChI=1S/C28H38N4O3/c1-4-14-31(20-25(33)19-30-15-17-34-18-16-30)21-27-23(3)29-32(24-8-6-5-7-9-24)28(27)35-26-12-10-22(2)11-13-26/h5-13,25,33H,4,14-21H2,1-3H3/t25-/m0/s1. The van der Waals surface area contributed by atoms with Gasteiger partial charge in [0.15, 0.2) is 0 Å². The van der Waals surface area contributed by atoms with Crippen LogP contribution in [0.3, 0.4) is 0 Å². The van der Waals surface area contributed by atoms with Crippen molar-refractivity contribution in [1.29, 1.82) is 0 Å². The first kappa shape index (κ1) is 25.4. The minimum atomic E-state index is -0.425. The number of morpholine rings is 1. The van der Waals surface area contributed by atoms with E-state index in [-0.39, 0.29) is 0 Å². The highest BCUT2D eigenvalue weighted by atomic mass is 16.5. The second-order valence-corrected chi connectivity index (χ2v) is 9.33. The summed E-state index contributed by atoms with van der Waals surface area (Å²) >= 11 is 0. The average molecular weight is 479 g/mol. The molecule has 2 aromatic carbocycles. The van der Waals surface area contributed by atoms with Gasteiger partial charge < -0.3 is 14.6 Å². The summed E-state index contributed by atoms with van der Waals surface area (Å²) in [6, 6.07) is 18.2. The van der Waals surface area contributed by atoms with E-state index in [0.717, 1.165) is 67.8 Å². The van der Waals surface area contributed by atoms with E-state index in [1.54, 1.807) is 0 Å².